The Bertz CT molecular complexity index is 1510. The number of para-hydroxylation sites is 1. The SMILES string of the molecule is Cc1cccc(C)c1NC(=O)C1N([C@@H](CO)Cc2ccccc2)C(=O)[C@@H]2[C@@H](C(=O)NCc3ccccc3)[C@@]3(C)CCC12S3. The van der Waals surface area contributed by atoms with E-state index in [1.165, 1.54) is 0 Å². The molecule has 1 spiro atoms. The van der Waals surface area contributed by atoms with E-state index in [1.54, 1.807) is 16.7 Å². The van der Waals surface area contributed by atoms with Gasteiger partial charge in [0.15, 0.2) is 0 Å². The molecule has 0 aliphatic carbocycles. The van der Waals surface area contributed by atoms with Crippen LogP contribution in [-0.4, -0.2) is 55.9 Å². The van der Waals surface area contributed by atoms with Gasteiger partial charge in [-0.1, -0.05) is 78.9 Å². The molecule has 3 aliphatic rings. The van der Waals surface area contributed by atoms with Crippen LogP contribution >= 0.6 is 11.8 Å². The number of hydrogen-bond donors (Lipinski definition) is 3. The minimum absolute atomic E-state index is 0.154. The second-order valence-electron chi connectivity index (χ2n) is 12.5. The lowest BCUT2D eigenvalue weighted by Crippen LogP contribution is -2.55. The van der Waals surface area contributed by atoms with Crippen molar-refractivity contribution in [2.75, 3.05) is 11.9 Å². The number of rotatable bonds is 9. The van der Waals surface area contributed by atoms with Crippen molar-refractivity contribution < 1.29 is 19.5 Å². The molecule has 2 unspecified atom stereocenters. The van der Waals surface area contributed by atoms with E-state index in [0.29, 0.717) is 19.4 Å². The van der Waals surface area contributed by atoms with Gasteiger partial charge in [-0.2, -0.15) is 0 Å². The van der Waals surface area contributed by atoms with Crippen LogP contribution in [-0.2, 0) is 27.3 Å². The third-order valence-electron chi connectivity index (χ3n) is 9.70. The number of amides is 3. The quantitative estimate of drug-likeness (QED) is 0.334. The summed E-state index contributed by atoms with van der Waals surface area (Å²) in [6.07, 6.45) is 1.79. The molecule has 43 heavy (non-hydrogen) atoms. The lowest BCUT2D eigenvalue weighted by Gasteiger charge is -2.37. The van der Waals surface area contributed by atoms with Gasteiger partial charge in [-0.25, -0.2) is 0 Å². The van der Waals surface area contributed by atoms with Crippen LogP contribution in [0.15, 0.2) is 78.9 Å². The Kier molecular flexibility index (Phi) is 7.86. The normalized spacial score (nSPS) is 28.0. The molecule has 3 fully saturated rings. The van der Waals surface area contributed by atoms with E-state index in [2.05, 4.69) is 17.6 Å². The highest BCUT2D eigenvalue weighted by Gasteiger charge is 2.77. The molecule has 6 atom stereocenters. The zero-order valence-corrected chi connectivity index (χ0v) is 25.7. The van der Waals surface area contributed by atoms with Crippen molar-refractivity contribution >= 4 is 35.2 Å². The maximum atomic E-state index is 14.6. The Balaban J connectivity index is 1.38. The van der Waals surface area contributed by atoms with Gasteiger partial charge in [0.25, 0.3) is 0 Å². The number of nitrogens with one attached hydrogen (secondary N) is 2. The minimum Gasteiger partial charge on any atom is -0.394 e. The summed E-state index contributed by atoms with van der Waals surface area (Å²) in [5, 5.41) is 17.0. The first kappa shape index (κ1) is 29.5. The summed E-state index contributed by atoms with van der Waals surface area (Å²) in [6, 6.07) is 23.9. The summed E-state index contributed by atoms with van der Waals surface area (Å²) < 4.78 is -1.25. The van der Waals surface area contributed by atoms with Gasteiger partial charge in [-0.3, -0.25) is 14.4 Å². The summed E-state index contributed by atoms with van der Waals surface area (Å²) in [6.45, 7) is 6.07. The first-order valence-corrected chi connectivity index (χ1v) is 15.9. The predicted octanol–water partition coefficient (Wildman–Crippen LogP) is 4.64. The Labute approximate surface area is 257 Å². The third kappa shape index (κ3) is 5.04. The summed E-state index contributed by atoms with van der Waals surface area (Å²) >= 11 is 1.64. The fourth-order valence-corrected chi connectivity index (χ4v) is 10.0. The molecule has 3 aromatic carbocycles. The lowest BCUT2D eigenvalue weighted by molar-refractivity contribution is -0.142. The van der Waals surface area contributed by atoms with Gasteiger partial charge >= 0.3 is 0 Å². The number of carbonyl (C=O) groups is 3. The molecule has 224 valence electrons. The maximum absolute atomic E-state index is 14.6. The van der Waals surface area contributed by atoms with Gasteiger partial charge in [0.05, 0.1) is 29.2 Å². The fraction of sp³-hybridized carbons (Fsp3) is 0.400. The maximum Gasteiger partial charge on any atom is 0.248 e. The molecule has 6 rings (SSSR count). The number of fused-ring (bicyclic) bond motifs is 1. The molecule has 2 bridgehead atoms. The minimum atomic E-state index is -0.830. The highest BCUT2D eigenvalue weighted by atomic mass is 32.2. The molecule has 3 amide bonds. The van der Waals surface area contributed by atoms with Crippen molar-refractivity contribution in [2.24, 2.45) is 11.8 Å². The summed E-state index contributed by atoms with van der Waals surface area (Å²) in [4.78, 5) is 44.7. The first-order chi connectivity index (χ1) is 20.7. The second-order valence-corrected chi connectivity index (χ2v) is 14.4. The summed E-state index contributed by atoms with van der Waals surface area (Å²) in [5.74, 6) is -1.88. The van der Waals surface area contributed by atoms with Crippen molar-refractivity contribution in [3.8, 4) is 0 Å². The van der Waals surface area contributed by atoms with Crippen molar-refractivity contribution in [3.05, 3.63) is 101 Å². The van der Waals surface area contributed by atoms with Crippen molar-refractivity contribution in [1.29, 1.82) is 0 Å². The molecule has 3 heterocycles. The molecule has 3 aromatic rings. The highest BCUT2D eigenvalue weighted by molar-refractivity contribution is 8.02. The Morgan fingerprint density at radius 3 is 2.19 bits per heavy atom. The lowest BCUT2D eigenvalue weighted by atomic mass is 9.66. The van der Waals surface area contributed by atoms with E-state index in [0.717, 1.165) is 34.4 Å². The number of anilines is 1. The van der Waals surface area contributed by atoms with Crippen LogP contribution in [0.1, 0.15) is 42.0 Å². The molecule has 8 heteroatoms. The number of thioether (sulfide) groups is 1. The first-order valence-electron chi connectivity index (χ1n) is 15.0. The topological polar surface area (TPSA) is 98.7 Å². The number of aliphatic hydroxyl groups is 1. The number of nitrogens with zero attached hydrogens (tertiary/aromatic N) is 1. The van der Waals surface area contributed by atoms with E-state index in [1.807, 2.05) is 92.7 Å². The fourth-order valence-electron chi connectivity index (χ4n) is 7.69. The summed E-state index contributed by atoms with van der Waals surface area (Å²) in [5.41, 5.74) is 4.58. The van der Waals surface area contributed by atoms with Crippen LogP contribution in [0.4, 0.5) is 5.69 Å². The standard InChI is InChI=1S/C35H39N3O4S/c1-22-11-10-12-23(2)29(22)37-32(41)30-35-18-17-34(3,43-35)27(31(40)36-20-25-15-8-5-9-16-25)28(35)33(42)38(30)26(21-39)19-24-13-6-4-7-14-24/h4-16,26-28,30,39H,17-21H2,1-3H3,(H,36,40)(H,37,41)/t26-,27+,28+,30?,34-,35?/m1/s1. The Morgan fingerprint density at radius 2 is 1.56 bits per heavy atom. The number of hydrogen-bond acceptors (Lipinski definition) is 5. The molecule has 7 nitrogen and oxygen atoms in total. The van der Waals surface area contributed by atoms with Crippen LogP contribution in [0.25, 0.3) is 0 Å². The van der Waals surface area contributed by atoms with Gasteiger partial charge in [0.2, 0.25) is 17.7 Å². The van der Waals surface area contributed by atoms with E-state index < -0.39 is 33.4 Å². The van der Waals surface area contributed by atoms with Gasteiger partial charge < -0.3 is 20.6 Å². The zero-order chi connectivity index (χ0) is 30.4. The second kappa shape index (κ2) is 11.5. The van der Waals surface area contributed by atoms with Gasteiger partial charge in [0.1, 0.15) is 6.04 Å². The van der Waals surface area contributed by atoms with Crippen LogP contribution in [0.5, 0.6) is 0 Å². The van der Waals surface area contributed by atoms with Crippen molar-refractivity contribution in [2.45, 2.75) is 68.2 Å². The monoisotopic (exact) mass is 597 g/mol. The average molecular weight is 598 g/mol. The largest absolute Gasteiger partial charge is 0.394 e. The molecular formula is C35H39N3O4S. The molecule has 0 saturated carbocycles. The van der Waals surface area contributed by atoms with E-state index in [4.69, 9.17) is 0 Å². The predicted molar refractivity (Wildman–Crippen MR) is 169 cm³/mol. The molecule has 0 radical (unpaired) electrons. The van der Waals surface area contributed by atoms with Crippen LogP contribution in [0.3, 0.4) is 0 Å². The van der Waals surface area contributed by atoms with Crippen LogP contribution in [0, 0.1) is 25.7 Å². The zero-order valence-electron chi connectivity index (χ0n) is 24.9. The number of benzene rings is 3. The molecule has 3 saturated heterocycles. The molecule has 3 aliphatic heterocycles. The third-order valence-corrected chi connectivity index (χ3v) is 11.7. The van der Waals surface area contributed by atoms with Gasteiger partial charge in [0, 0.05) is 17.0 Å². The smallest absolute Gasteiger partial charge is 0.248 e. The number of aryl methyl sites for hydroxylation is 2. The summed E-state index contributed by atoms with van der Waals surface area (Å²) in [7, 11) is 0. The molecule has 3 N–H and O–H groups in total. The highest BCUT2D eigenvalue weighted by Crippen LogP contribution is 2.71. The van der Waals surface area contributed by atoms with E-state index >= 15 is 0 Å². The van der Waals surface area contributed by atoms with E-state index in [-0.39, 0.29) is 24.3 Å². The Hall–Kier alpha value is -3.62. The Morgan fingerprint density at radius 1 is 0.930 bits per heavy atom. The number of carbonyl (C=O) groups excluding carboxylic acids is 3. The average Bonchev–Trinajstić information content (AvgIpc) is 3.58. The van der Waals surface area contributed by atoms with E-state index in [9.17, 15) is 19.5 Å². The van der Waals surface area contributed by atoms with Crippen LogP contribution in [0.2, 0.25) is 0 Å². The molecular weight excluding hydrogens is 558 g/mol. The number of aliphatic hydroxyl groups excluding tert-OH is 1. The van der Waals surface area contributed by atoms with Crippen LogP contribution < -0.4 is 10.6 Å². The molecule has 0 aromatic heterocycles. The van der Waals surface area contributed by atoms with Gasteiger partial charge in [-0.05, 0) is 62.3 Å². The van der Waals surface area contributed by atoms with Crippen molar-refractivity contribution in [1.82, 2.24) is 10.2 Å². The van der Waals surface area contributed by atoms with Gasteiger partial charge in [-0.15, -0.1) is 11.8 Å². The number of likely N-dealkylation sites (tertiary alicyclic amines) is 1. The van der Waals surface area contributed by atoms with Crippen molar-refractivity contribution in [3.63, 3.8) is 0 Å².